The first-order valence-corrected chi connectivity index (χ1v) is 9.05. The lowest BCUT2D eigenvalue weighted by Crippen LogP contribution is -2.54. The Bertz CT molecular complexity index is 643. The van der Waals surface area contributed by atoms with E-state index in [1.807, 2.05) is 33.8 Å². The van der Waals surface area contributed by atoms with E-state index >= 15 is 0 Å². The molecule has 1 aliphatic heterocycles. The van der Waals surface area contributed by atoms with Crippen LogP contribution in [-0.4, -0.2) is 34.1 Å². The molecular weight excluding hydrogens is 352 g/mol. The molecule has 0 aromatic carbocycles. The van der Waals surface area contributed by atoms with Gasteiger partial charge in [-0.05, 0) is 37.5 Å². The van der Waals surface area contributed by atoms with E-state index in [2.05, 4.69) is 4.74 Å². The van der Waals surface area contributed by atoms with Crippen LogP contribution in [0.2, 0.25) is 0 Å². The number of carboxylic acids is 2. The van der Waals surface area contributed by atoms with Crippen LogP contribution in [0, 0.1) is 22.7 Å². The average Bonchev–Trinajstić information content (AvgIpc) is 2.91. The monoisotopic (exact) mass is 380 g/mol. The van der Waals surface area contributed by atoms with Crippen LogP contribution < -0.4 is 0 Å². The van der Waals surface area contributed by atoms with Crippen molar-refractivity contribution in [3.63, 3.8) is 0 Å². The van der Waals surface area contributed by atoms with Crippen molar-refractivity contribution in [1.82, 2.24) is 0 Å². The van der Waals surface area contributed by atoms with Crippen molar-refractivity contribution in [2.45, 2.75) is 53.4 Å². The largest absolute Gasteiger partial charge is 0.481 e. The van der Waals surface area contributed by atoms with Crippen molar-refractivity contribution in [1.29, 1.82) is 0 Å². The number of rotatable bonds is 6. The molecule has 0 fully saturated rings. The third-order valence-corrected chi connectivity index (χ3v) is 4.83. The molecule has 1 aliphatic carbocycles. The summed E-state index contributed by atoms with van der Waals surface area (Å²) in [5.41, 5.74) is -2.50. The molecule has 0 spiro atoms. The Morgan fingerprint density at radius 3 is 1.85 bits per heavy atom. The summed E-state index contributed by atoms with van der Waals surface area (Å²) >= 11 is 0. The summed E-state index contributed by atoms with van der Waals surface area (Å²) in [7, 11) is 0. The van der Waals surface area contributed by atoms with Gasteiger partial charge in [0, 0.05) is 12.2 Å². The Balaban J connectivity index is 0.000000433. The molecule has 2 N–H and O–H groups in total. The van der Waals surface area contributed by atoms with Crippen molar-refractivity contribution in [2.75, 3.05) is 0 Å². The molecule has 0 radical (unpaired) electrons. The number of carboxylic acid groups (broad SMARTS) is 2. The van der Waals surface area contributed by atoms with E-state index < -0.39 is 34.7 Å². The maximum atomic E-state index is 12.0. The molecule has 0 saturated carbocycles. The van der Waals surface area contributed by atoms with Gasteiger partial charge in [0.25, 0.3) is 0 Å². The Morgan fingerprint density at radius 1 is 1.00 bits per heavy atom. The molecule has 0 amide bonds. The zero-order valence-electron chi connectivity index (χ0n) is 16.2. The van der Waals surface area contributed by atoms with Gasteiger partial charge in [-0.1, -0.05) is 39.8 Å². The quantitative estimate of drug-likeness (QED) is 0.413. The highest BCUT2D eigenvalue weighted by atomic mass is 16.6. The highest BCUT2D eigenvalue weighted by Gasteiger charge is 2.60. The molecule has 2 aliphatic rings. The van der Waals surface area contributed by atoms with Gasteiger partial charge in [0.05, 0.1) is 5.41 Å². The van der Waals surface area contributed by atoms with Gasteiger partial charge in [0.15, 0.2) is 0 Å². The minimum atomic E-state index is -1.30. The molecule has 0 aromatic rings. The first-order valence-electron chi connectivity index (χ1n) is 9.05. The van der Waals surface area contributed by atoms with Crippen LogP contribution in [0.3, 0.4) is 0 Å². The number of cyclic esters (lactones) is 2. The maximum absolute atomic E-state index is 12.0. The molecular formula is C20H28O7. The normalized spacial score (nSPS) is 26.7. The van der Waals surface area contributed by atoms with Crippen molar-refractivity contribution < 1.29 is 34.1 Å². The van der Waals surface area contributed by atoms with Crippen LogP contribution in [0.15, 0.2) is 24.3 Å². The number of allylic oxidation sites excluding steroid dienone is 1. The standard InChI is InChI=1S/C16H26O4.C4H2O3/c1-11(2)9-15(13(17)18)7-5-6-8-16(15,14(19)20)10-12(3)4;5-3-1-2-4(6)7-3/h5,7,11-12H,6,8-10H2,1-4H3,(H,17,18)(H,19,20);1-2H. The van der Waals surface area contributed by atoms with Crippen LogP contribution in [0.1, 0.15) is 53.4 Å². The summed E-state index contributed by atoms with van der Waals surface area (Å²) in [6.07, 6.45) is 7.43. The van der Waals surface area contributed by atoms with Crippen LogP contribution in [0.5, 0.6) is 0 Å². The Kier molecular flexibility index (Phi) is 7.51. The van der Waals surface area contributed by atoms with Crippen LogP contribution in [0.4, 0.5) is 0 Å². The van der Waals surface area contributed by atoms with E-state index in [4.69, 9.17) is 0 Å². The summed E-state index contributed by atoms with van der Waals surface area (Å²) in [6, 6.07) is 0. The molecule has 2 atom stereocenters. The molecule has 0 bridgehead atoms. The Hall–Kier alpha value is -2.44. The zero-order valence-corrected chi connectivity index (χ0v) is 16.2. The third-order valence-electron chi connectivity index (χ3n) is 4.83. The van der Waals surface area contributed by atoms with Crippen molar-refractivity contribution in [3.05, 3.63) is 24.3 Å². The molecule has 7 nitrogen and oxygen atoms in total. The molecule has 1 heterocycles. The lowest BCUT2D eigenvalue weighted by Gasteiger charge is -2.47. The van der Waals surface area contributed by atoms with Gasteiger partial charge >= 0.3 is 23.9 Å². The van der Waals surface area contributed by atoms with Crippen LogP contribution >= 0.6 is 0 Å². The first kappa shape index (κ1) is 22.6. The summed E-state index contributed by atoms with van der Waals surface area (Å²) in [5.74, 6) is -2.87. The molecule has 7 heteroatoms. The number of carbonyl (C=O) groups is 4. The lowest BCUT2D eigenvalue weighted by atomic mass is 9.53. The molecule has 27 heavy (non-hydrogen) atoms. The number of carbonyl (C=O) groups excluding carboxylic acids is 2. The summed E-state index contributed by atoms with van der Waals surface area (Å²) in [5, 5.41) is 19.7. The van der Waals surface area contributed by atoms with Crippen LogP contribution in [0.25, 0.3) is 0 Å². The van der Waals surface area contributed by atoms with E-state index in [1.165, 1.54) is 0 Å². The number of esters is 2. The van der Waals surface area contributed by atoms with Crippen molar-refractivity contribution >= 4 is 23.9 Å². The van der Waals surface area contributed by atoms with Gasteiger partial charge in [0.2, 0.25) is 0 Å². The lowest BCUT2D eigenvalue weighted by molar-refractivity contribution is -0.174. The fourth-order valence-corrected chi connectivity index (χ4v) is 3.94. The fourth-order valence-electron chi connectivity index (χ4n) is 3.94. The minimum Gasteiger partial charge on any atom is -0.481 e. The minimum absolute atomic E-state index is 0.125. The summed E-state index contributed by atoms with van der Waals surface area (Å²) in [4.78, 5) is 43.9. The average molecular weight is 380 g/mol. The van der Waals surface area contributed by atoms with Gasteiger partial charge < -0.3 is 14.9 Å². The zero-order chi connectivity index (χ0) is 20.8. The fraction of sp³-hybridized carbons (Fsp3) is 0.600. The molecule has 0 saturated heterocycles. The summed E-state index contributed by atoms with van der Waals surface area (Å²) < 4.78 is 3.97. The van der Waals surface area contributed by atoms with Crippen LogP contribution in [-0.2, 0) is 23.9 Å². The smallest absolute Gasteiger partial charge is 0.338 e. The highest BCUT2D eigenvalue weighted by molar-refractivity contribution is 6.04. The molecule has 2 rings (SSSR count). The molecule has 2 unspecified atom stereocenters. The van der Waals surface area contributed by atoms with E-state index in [0.717, 1.165) is 12.2 Å². The van der Waals surface area contributed by atoms with E-state index in [1.54, 1.807) is 6.08 Å². The van der Waals surface area contributed by atoms with E-state index in [-0.39, 0.29) is 11.8 Å². The van der Waals surface area contributed by atoms with Gasteiger partial charge in [-0.3, -0.25) is 9.59 Å². The third kappa shape index (κ3) is 5.05. The first-order chi connectivity index (χ1) is 12.5. The van der Waals surface area contributed by atoms with E-state index in [9.17, 15) is 29.4 Å². The highest BCUT2D eigenvalue weighted by Crippen LogP contribution is 2.55. The topological polar surface area (TPSA) is 118 Å². The number of ether oxygens (including phenoxy) is 1. The second-order valence-electron chi connectivity index (χ2n) is 7.87. The second kappa shape index (κ2) is 8.97. The number of hydrogen-bond donors (Lipinski definition) is 2. The van der Waals surface area contributed by atoms with Gasteiger partial charge in [-0.15, -0.1) is 0 Å². The van der Waals surface area contributed by atoms with Gasteiger partial charge in [-0.2, -0.15) is 0 Å². The Morgan fingerprint density at radius 2 is 1.52 bits per heavy atom. The second-order valence-corrected chi connectivity index (χ2v) is 7.87. The molecule has 0 aromatic heterocycles. The predicted molar refractivity (Wildman–Crippen MR) is 97.7 cm³/mol. The number of aliphatic carboxylic acids is 2. The van der Waals surface area contributed by atoms with Crippen molar-refractivity contribution in [3.8, 4) is 0 Å². The summed E-state index contributed by atoms with van der Waals surface area (Å²) in [6.45, 7) is 7.78. The molecule has 150 valence electrons. The Labute approximate surface area is 159 Å². The SMILES string of the molecule is CC(C)CC1(C(=O)O)C=CCCC1(CC(C)C)C(=O)O.O=C1C=CC(=O)O1. The predicted octanol–water partition coefficient (Wildman–Crippen LogP) is 3.20. The van der Waals surface area contributed by atoms with Crippen molar-refractivity contribution in [2.24, 2.45) is 22.7 Å². The maximum Gasteiger partial charge on any atom is 0.338 e. The van der Waals surface area contributed by atoms with Gasteiger partial charge in [0.1, 0.15) is 5.41 Å². The van der Waals surface area contributed by atoms with E-state index in [0.29, 0.717) is 25.7 Å². The van der Waals surface area contributed by atoms with Gasteiger partial charge in [-0.25, -0.2) is 9.59 Å². The number of hydrogen-bond acceptors (Lipinski definition) is 5.